The van der Waals surface area contributed by atoms with Gasteiger partial charge < -0.3 is 10.1 Å². The van der Waals surface area contributed by atoms with Crippen molar-refractivity contribution >= 4 is 5.69 Å². The standard InChI is InChI=1S/C23H39NO/c1-4-6-8-9-20-10-12-21(13-11-20)18-25-22-14-15-23(19(3)17-22)24-16-7-5-2/h14-15,17,20-21,24H,4-13,16,18H2,1-3H3. The maximum atomic E-state index is 6.11. The van der Waals surface area contributed by atoms with Crippen LogP contribution in [-0.4, -0.2) is 13.2 Å². The lowest BCUT2D eigenvalue weighted by Gasteiger charge is -2.28. The van der Waals surface area contributed by atoms with E-state index in [1.165, 1.54) is 75.5 Å². The van der Waals surface area contributed by atoms with E-state index in [0.29, 0.717) is 0 Å². The Morgan fingerprint density at radius 1 is 0.960 bits per heavy atom. The topological polar surface area (TPSA) is 21.3 Å². The monoisotopic (exact) mass is 345 g/mol. The third kappa shape index (κ3) is 7.30. The number of hydrogen-bond acceptors (Lipinski definition) is 2. The summed E-state index contributed by atoms with van der Waals surface area (Å²) in [5.41, 5.74) is 2.53. The fraction of sp³-hybridized carbons (Fsp3) is 0.739. The molecule has 1 fully saturated rings. The number of rotatable bonds is 11. The molecule has 0 saturated heterocycles. The van der Waals surface area contributed by atoms with Crippen molar-refractivity contribution in [2.24, 2.45) is 11.8 Å². The first-order valence-corrected chi connectivity index (χ1v) is 10.7. The summed E-state index contributed by atoms with van der Waals surface area (Å²) in [7, 11) is 0. The highest BCUT2D eigenvalue weighted by molar-refractivity contribution is 5.53. The summed E-state index contributed by atoms with van der Waals surface area (Å²) < 4.78 is 6.11. The van der Waals surface area contributed by atoms with Gasteiger partial charge in [-0.1, -0.05) is 58.8 Å². The first-order chi connectivity index (χ1) is 12.2. The average Bonchev–Trinajstić information content (AvgIpc) is 2.63. The molecule has 142 valence electrons. The first kappa shape index (κ1) is 20.1. The summed E-state index contributed by atoms with van der Waals surface area (Å²) in [6.45, 7) is 8.64. The van der Waals surface area contributed by atoms with Gasteiger partial charge in [-0.15, -0.1) is 0 Å². The Hall–Kier alpha value is -1.18. The van der Waals surface area contributed by atoms with E-state index in [1.807, 2.05) is 0 Å². The second kappa shape index (κ2) is 11.4. The Morgan fingerprint density at radius 3 is 2.36 bits per heavy atom. The molecule has 0 aliphatic heterocycles. The maximum Gasteiger partial charge on any atom is 0.119 e. The Bertz CT molecular complexity index is 477. The minimum atomic E-state index is 0.755. The van der Waals surface area contributed by atoms with Gasteiger partial charge in [-0.3, -0.25) is 0 Å². The van der Waals surface area contributed by atoms with Crippen LogP contribution in [0.3, 0.4) is 0 Å². The molecule has 2 heteroatoms. The lowest BCUT2D eigenvalue weighted by Crippen LogP contribution is -2.20. The zero-order valence-corrected chi connectivity index (χ0v) is 16.8. The minimum Gasteiger partial charge on any atom is -0.493 e. The summed E-state index contributed by atoms with van der Waals surface area (Å²) >= 11 is 0. The van der Waals surface area contributed by atoms with Crippen LogP contribution in [0.4, 0.5) is 5.69 Å². The van der Waals surface area contributed by atoms with Crippen LogP contribution in [0.2, 0.25) is 0 Å². The number of ether oxygens (including phenoxy) is 1. The van der Waals surface area contributed by atoms with Crippen molar-refractivity contribution in [3.8, 4) is 5.75 Å². The number of aryl methyl sites for hydroxylation is 1. The van der Waals surface area contributed by atoms with Gasteiger partial charge in [0.1, 0.15) is 5.75 Å². The van der Waals surface area contributed by atoms with Crippen LogP contribution in [0.5, 0.6) is 5.75 Å². The quantitative estimate of drug-likeness (QED) is 0.437. The molecule has 0 unspecified atom stereocenters. The Morgan fingerprint density at radius 2 is 1.68 bits per heavy atom. The number of unbranched alkanes of at least 4 members (excludes halogenated alkanes) is 3. The van der Waals surface area contributed by atoms with E-state index in [4.69, 9.17) is 4.74 Å². The molecule has 0 bridgehead atoms. The molecule has 2 rings (SSSR count). The molecule has 0 heterocycles. The van der Waals surface area contributed by atoms with E-state index in [9.17, 15) is 0 Å². The molecular weight excluding hydrogens is 306 g/mol. The summed E-state index contributed by atoms with van der Waals surface area (Å²) in [6.07, 6.45) is 13.6. The predicted octanol–water partition coefficient (Wildman–Crippen LogP) is 6.97. The Kier molecular flexibility index (Phi) is 9.21. The van der Waals surface area contributed by atoms with Gasteiger partial charge in [0.2, 0.25) is 0 Å². The number of benzene rings is 1. The SMILES string of the molecule is CCCCCC1CCC(COc2ccc(NCCCC)c(C)c2)CC1. The van der Waals surface area contributed by atoms with Gasteiger partial charge in [-0.05, 0) is 61.8 Å². The molecule has 1 aromatic rings. The number of hydrogen-bond donors (Lipinski definition) is 1. The third-order valence-corrected chi connectivity index (χ3v) is 5.71. The smallest absolute Gasteiger partial charge is 0.119 e. The molecule has 1 aromatic carbocycles. The van der Waals surface area contributed by atoms with Crippen LogP contribution in [-0.2, 0) is 0 Å². The molecule has 0 atom stereocenters. The minimum absolute atomic E-state index is 0.755. The van der Waals surface area contributed by atoms with Crippen molar-refractivity contribution in [1.82, 2.24) is 0 Å². The van der Waals surface area contributed by atoms with Gasteiger partial charge in [0, 0.05) is 12.2 Å². The van der Waals surface area contributed by atoms with Gasteiger partial charge >= 0.3 is 0 Å². The van der Waals surface area contributed by atoms with Crippen LogP contribution in [0.15, 0.2) is 18.2 Å². The maximum absolute atomic E-state index is 6.11. The lowest BCUT2D eigenvalue weighted by atomic mass is 9.80. The van der Waals surface area contributed by atoms with Crippen LogP contribution in [0.25, 0.3) is 0 Å². The third-order valence-electron chi connectivity index (χ3n) is 5.71. The molecule has 1 N–H and O–H groups in total. The normalized spacial score (nSPS) is 20.4. The van der Waals surface area contributed by atoms with Gasteiger partial charge in [0.05, 0.1) is 6.61 Å². The van der Waals surface area contributed by atoms with Gasteiger partial charge in [-0.25, -0.2) is 0 Å². The molecule has 2 nitrogen and oxygen atoms in total. The van der Waals surface area contributed by atoms with Gasteiger partial charge in [-0.2, -0.15) is 0 Å². The van der Waals surface area contributed by atoms with Gasteiger partial charge in [0.15, 0.2) is 0 Å². The van der Waals surface area contributed by atoms with Crippen molar-refractivity contribution in [2.45, 2.75) is 85.0 Å². The zero-order valence-electron chi connectivity index (χ0n) is 16.8. The highest BCUT2D eigenvalue weighted by Crippen LogP contribution is 2.32. The first-order valence-electron chi connectivity index (χ1n) is 10.7. The molecule has 0 radical (unpaired) electrons. The lowest BCUT2D eigenvalue weighted by molar-refractivity contribution is 0.177. The van der Waals surface area contributed by atoms with Gasteiger partial charge in [0.25, 0.3) is 0 Å². The van der Waals surface area contributed by atoms with E-state index in [2.05, 4.69) is 44.3 Å². The van der Waals surface area contributed by atoms with Crippen molar-refractivity contribution in [3.05, 3.63) is 23.8 Å². The van der Waals surface area contributed by atoms with Crippen molar-refractivity contribution < 1.29 is 4.74 Å². The fourth-order valence-corrected chi connectivity index (χ4v) is 3.91. The largest absolute Gasteiger partial charge is 0.493 e. The van der Waals surface area contributed by atoms with E-state index in [0.717, 1.165) is 30.7 Å². The van der Waals surface area contributed by atoms with E-state index >= 15 is 0 Å². The van der Waals surface area contributed by atoms with Crippen molar-refractivity contribution in [1.29, 1.82) is 0 Å². The summed E-state index contributed by atoms with van der Waals surface area (Å²) in [6, 6.07) is 6.48. The predicted molar refractivity (Wildman–Crippen MR) is 110 cm³/mol. The molecule has 1 saturated carbocycles. The van der Waals surface area contributed by atoms with Crippen LogP contribution in [0.1, 0.15) is 83.6 Å². The Balaban J connectivity index is 1.68. The highest BCUT2D eigenvalue weighted by Gasteiger charge is 2.21. The number of anilines is 1. The summed E-state index contributed by atoms with van der Waals surface area (Å²) in [5, 5.41) is 3.52. The second-order valence-corrected chi connectivity index (χ2v) is 7.95. The highest BCUT2D eigenvalue weighted by atomic mass is 16.5. The molecule has 1 aliphatic carbocycles. The van der Waals surface area contributed by atoms with Crippen molar-refractivity contribution in [3.63, 3.8) is 0 Å². The van der Waals surface area contributed by atoms with Crippen LogP contribution < -0.4 is 10.1 Å². The second-order valence-electron chi connectivity index (χ2n) is 7.95. The molecule has 0 amide bonds. The fourth-order valence-electron chi connectivity index (χ4n) is 3.91. The van der Waals surface area contributed by atoms with E-state index in [1.54, 1.807) is 0 Å². The Labute approximate surface area is 155 Å². The summed E-state index contributed by atoms with van der Waals surface area (Å²) in [5.74, 6) is 2.77. The summed E-state index contributed by atoms with van der Waals surface area (Å²) in [4.78, 5) is 0. The van der Waals surface area contributed by atoms with Crippen molar-refractivity contribution in [2.75, 3.05) is 18.5 Å². The molecular formula is C23H39NO. The zero-order chi connectivity index (χ0) is 17.9. The number of nitrogens with one attached hydrogen (secondary N) is 1. The van der Waals surface area contributed by atoms with E-state index < -0.39 is 0 Å². The van der Waals surface area contributed by atoms with Crippen LogP contribution >= 0.6 is 0 Å². The van der Waals surface area contributed by atoms with E-state index in [-0.39, 0.29) is 0 Å². The molecule has 25 heavy (non-hydrogen) atoms. The average molecular weight is 346 g/mol. The molecule has 0 aromatic heterocycles. The molecule has 0 spiro atoms. The van der Waals surface area contributed by atoms with Crippen LogP contribution in [0, 0.1) is 18.8 Å². The molecule has 1 aliphatic rings.